The first-order chi connectivity index (χ1) is 18.0. The van der Waals surface area contributed by atoms with Crippen LogP contribution in [0.3, 0.4) is 0 Å². The highest BCUT2D eigenvalue weighted by Crippen LogP contribution is 2.31. The smallest absolute Gasteiger partial charge is 0.270 e. The first-order valence-electron chi connectivity index (χ1n) is 12.7. The van der Waals surface area contributed by atoms with E-state index in [1.165, 1.54) is 0 Å². The van der Waals surface area contributed by atoms with Crippen molar-refractivity contribution in [1.82, 2.24) is 24.8 Å². The zero-order chi connectivity index (χ0) is 25.4. The second-order valence-corrected chi connectivity index (χ2v) is 9.79. The van der Waals surface area contributed by atoms with E-state index < -0.39 is 12.2 Å². The number of carbonyl (C=O) groups is 1. The predicted octanol–water partition coefficient (Wildman–Crippen LogP) is 4.26. The minimum absolute atomic E-state index is 0.274. The highest BCUT2D eigenvalue weighted by Gasteiger charge is 2.31. The van der Waals surface area contributed by atoms with E-state index in [4.69, 9.17) is 4.74 Å². The highest BCUT2D eigenvalue weighted by atomic mass is 19.1. The molecule has 2 N–H and O–H groups in total. The third-order valence-electron chi connectivity index (χ3n) is 7.03. The molecule has 1 aromatic carbocycles. The van der Waals surface area contributed by atoms with Gasteiger partial charge in [0.1, 0.15) is 17.9 Å². The summed E-state index contributed by atoms with van der Waals surface area (Å²) in [5, 5.41) is 4.15. The van der Waals surface area contributed by atoms with E-state index in [-0.39, 0.29) is 24.6 Å². The molecular weight excluding hydrogens is 469 g/mol. The van der Waals surface area contributed by atoms with Crippen molar-refractivity contribution in [3.05, 3.63) is 82.8 Å². The Kier molecular flexibility index (Phi) is 6.23. The molecule has 0 aliphatic carbocycles. The van der Waals surface area contributed by atoms with Crippen molar-refractivity contribution in [1.29, 1.82) is 0 Å². The molecule has 2 atom stereocenters. The van der Waals surface area contributed by atoms with Gasteiger partial charge >= 0.3 is 0 Å². The molecule has 1 amide bonds. The van der Waals surface area contributed by atoms with Crippen molar-refractivity contribution < 1.29 is 13.9 Å². The minimum Gasteiger partial charge on any atom is -0.381 e. The number of aromatic nitrogens is 4. The zero-order valence-electron chi connectivity index (χ0n) is 20.6. The van der Waals surface area contributed by atoms with Gasteiger partial charge in [-0.3, -0.25) is 4.79 Å². The fraction of sp³-hybridized carbons (Fsp3) is 0.345. The molecule has 0 radical (unpaired) electrons. The summed E-state index contributed by atoms with van der Waals surface area (Å²) in [7, 11) is 0. The molecule has 5 heterocycles. The maximum Gasteiger partial charge on any atom is 0.270 e. The summed E-state index contributed by atoms with van der Waals surface area (Å²) in [6.45, 7) is 3.61. The molecule has 1 fully saturated rings. The molecule has 1 saturated heterocycles. The summed E-state index contributed by atoms with van der Waals surface area (Å²) in [6.07, 6.45) is 2.82. The van der Waals surface area contributed by atoms with E-state index in [0.717, 1.165) is 53.9 Å². The Morgan fingerprint density at radius 3 is 2.92 bits per heavy atom. The van der Waals surface area contributed by atoms with Crippen molar-refractivity contribution in [2.75, 3.05) is 13.2 Å². The van der Waals surface area contributed by atoms with Crippen LogP contribution in [0.4, 0.5) is 4.39 Å². The van der Waals surface area contributed by atoms with Gasteiger partial charge in [-0.2, -0.15) is 0 Å². The second kappa shape index (κ2) is 9.83. The summed E-state index contributed by atoms with van der Waals surface area (Å²) in [4.78, 5) is 26.0. The van der Waals surface area contributed by atoms with Gasteiger partial charge < -0.3 is 19.6 Å². The van der Waals surface area contributed by atoms with Crippen LogP contribution in [-0.4, -0.2) is 44.8 Å². The van der Waals surface area contributed by atoms with Crippen LogP contribution >= 0.6 is 0 Å². The summed E-state index contributed by atoms with van der Waals surface area (Å²) in [5.74, 6) is 6.52. The van der Waals surface area contributed by atoms with E-state index in [2.05, 4.69) is 32.1 Å². The van der Waals surface area contributed by atoms with Gasteiger partial charge in [0.15, 0.2) is 0 Å². The standard InChI is InChI=1S/C29H28FN5O2/c1-18-12-20(7-6-19-8-10-37-11-9-19)13-25(32-18)29(36)34-27(24-14-21-4-2-3-5-23(21)33-24)28-26-15-22(30)16-35(26)17-31-28/h2-5,12-14,17,19,22,27,33H,8-11,15-16H2,1H3,(H,34,36)/t22-,27?/m1/s1. The van der Waals surface area contributed by atoms with Crippen LogP contribution in [0.2, 0.25) is 0 Å². The molecule has 6 rings (SSSR count). The lowest BCUT2D eigenvalue weighted by molar-refractivity contribution is 0.0807. The van der Waals surface area contributed by atoms with Crippen LogP contribution in [-0.2, 0) is 17.7 Å². The van der Waals surface area contributed by atoms with Crippen LogP contribution < -0.4 is 5.32 Å². The summed E-state index contributed by atoms with van der Waals surface area (Å²) >= 11 is 0. The van der Waals surface area contributed by atoms with Crippen LogP contribution in [0, 0.1) is 24.7 Å². The number of para-hydroxylation sites is 1. The van der Waals surface area contributed by atoms with Gasteiger partial charge in [0, 0.05) is 53.7 Å². The molecular formula is C29H28FN5O2. The number of alkyl halides is 1. The topological polar surface area (TPSA) is 84.8 Å². The van der Waals surface area contributed by atoms with E-state index in [9.17, 15) is 9.18 Å². The number of hydrogen-bond acceptors (Lipinski definition) is 4. The number of aromatic amines is 1. The third-order valence-corrected chi connectivity index (χ3v) is 7.03. The number of H-pyrrole nitrogens is 1. The predicted molar refractivity (Wildman–Crippen MR) is 138 cm³/mol. The Morgan fingerprint density at radius 2 is 2.08 bits per heavy atom. The number of hydrogen-bond donors (Lipinski definition) is 2. The number of rotatable bonds is 4. The molecule has 0 saturated carbocycles. The average molecular weight is 498 g/mol. The Labute approximate surface area is 214 Å². The minimum atomic E-state index is -0.953. The lowest BCUT2D eigenvalue weighted by atomic mass is 10.0. The quantitative estimate of drug-likeness (QED) is 0.413. The summed E-state index contributed by atoms with van der Waals surface area (Å²) in [5.41, 5.74) is 4.95. The molecule has 8 heteroatoms. The summed E-state index contributed by atoms with van der Waals surface area (Å²) in [6, 6.07) is 13.0. The number of nitrogens with zero attached hydrogens (tertiary/aromatic N) is 3. The number of imidazole rings is 1. The van der Waals surface area contributed by atoms with Gasteiger partial charge in [-0.05, 0) is 49.4 Å². The highest BCUT2D eigenvalue weighted by molar-refractivity contribution is 5.93. The number of pyridine rings is 1. The van der Waals surface area contributed by atoms with E-state index in [1.54, 1.807) is 12.4 Å². The van der Waals surface area contributed by atoms with E-state index in [1.807, 2.05) is 47.9 Å². The van der Waals surface area contributed by atoms with Crippen LogP contribution in [0.25, 0.3) is 10.9 Å². The first-order valence-corrected chi connectivity index (χ1v) is 12.7. The monoisotopic (exact) mass is 497 g/mol. The SMILES string of the molecule is Cc1cc(C#CC2CCOCC2)cc(C(=O)NC(c2cc3ccccc3[nH]2)c2ncn3c2C[C@@H](F)C3)n1. The molecule has 3 aromatic heterocycles. The maximum absolute atomic E-state index is 14.2. The number of ether oxygens (including phenoxy) is 1. The fourth-order valence-corrected chi connectivity index (χ4v) is 5.17. The van der Waals surface area contributed by atoms with Gasteiger partial charge in [0.2, 0.25) is 0 Å². The molecule has 7 nitrogen and oxygen atoms in total. The number of benzene rings is 1. The lowest BCUT2D eigenvalue weighted by Crippen LogP contribution is -2.31. The number of carbonyl (C=O) groups excluding carboxylic acids is 1. The summed E-state index contributed by atoms with van der Waals surface area (Å²) < 4.78 is 21.5. The third kappa shape index (κ3) is 4.87. The average Bonchev–Trinajstić information content (AvgIpc) is 3.60. The molecule has 0 bridgehead atoms. The Balaban J connectivity index is 1.32. The molecule has 2 aliphatic rings. The second-order valence-electron chi connectivity index (χ2n) is 9.79. The van der Waals surface area contributed by atoms with Gasteiger partial charge in [0.05, 0.1) is 18.6 Å². The number of halogens is 1. The maximum atomic E-state index is 14.2. The molecule has 0 spiro atoms. The molecule has 1 unspecified atom stereocenters. The molecule has 2 aliphatic heterocycles. The van der Waals surface area contributed by atoms with Crippen molar-refractivity contribution >= 4 is 16.8 Å². The number of amides is 1. The number of aryl methyl sites for hydroxylation is 1. The lowest BCUT2D eigenvalue weighted by Gasteiger charge is -2.18. The van der Waals surface area contributed by atoms with Crippen molar-refractivity contribution in [2.24, 2.45) is 5.92 Å². The van der Waals surface area contributed by atoms with Gasteiger partial charge in [0.25, 0.3) is 5.91 Å². The van der Waals surface area contributed by atoms with E-state index >= 15 is 0 Å². The van der Waals surface area contributed by atoms with Gasteiger partial charge in [-0.15, -0.1) is 0 Å². The fourth-order valence-electron chi connectivity index (χ4n) is 5.17. The van der Waals surface area contributed by atoms with Gasteiger partial charge in [-0.1, -0.05) is 30.0 Å². The van der Waals surface area contributed by atoms with Crippen molar-refractivity contribution in [3.63, 3.8) is 0 Å². The van der Waals surface area contributed by atoms with Crippen LogP contribution in [0.5, 0.6) is 0 Å². The first kappa shape index (κ1) is 23.4. The number of nitrogens with one attached hydrogen (secondary N) is 2. The normalized spacial score (nSPS) is 18.3. The Hall–Kier alpha value is -3.96. The molecule has 37 heavy (non-hydrogen) atoms. The van der Waals surface area contributed by atoms with Crippen molar-refractivity contribution in [3.8, 4) is 11.8 Å². The number of fused-ring (bicyclic) bond motifs is 2. The zero-order valence-corrected chi connectivity index (χ0v) is 20.6. The van der Waals surface area contributed by atoms with Crippen molar-refractivity contribution in [2.45, 2.75) is 44.9 Å². The Bertz CT molecular complexity index is 1490. The largest absolute Gasteiger partial charge is 0.381 e. The van der Waals surface area contributed by atoms with Gasteiger partial charge in [-0.25, -0.2) is 14.4 Å². The van der Waals surface area contributed by atoms with Crippen LogP contribution in [0.1, 0.15) is 57.7 Å². The Morgan fingerprint density at radius 1 is 1.24 bits per heavy atom. The molecule has 188 valence electrons. The van der Waals surface area contributed by atoms with Crippen LogP contribution in [0.15, 0.2) is 48.8 Å². The molecule has 4 aromatic rings. The van der Waals surface area contributed by atoms with E-state index in [0.29, 0.717) is 17.3 Å².